The van der Waals surface area contributed by atoms with E-state index in [4.69, 9.17) is 11.6 Å². The van der Waals surface area contributed by atoms with E-state index in [0.717, 1.165) is 48.8 Å². The summed E-state index contributed by atoms with van der Waals surface area (Å²) in [6.07, 6.45) is 0. The van der Waals surface area contributed by atoms with Gasteiger partial charge in [-0.05, 0) is 42.0 Å². The van der Waals surface area contributed by atoms with E-state index in [-0.39, 0.29) is 10.3 Å². The molecule has 0 saturated carbocycles. The molecule has 1 fully saturated rings. The standard InChI is InChI=1S/C24H29ClN4O2S2/c1-27(2)20-10-8-19(9-11-20)22(18-26-33(30,31)24-13-12-23(25)32-24)29-16-14-28(15-17-29)21-6-4-3-5-7-21/h3-13,22,26H,14-18H2,1-2H3. The number of hydrogen-bond donors (Lipinski definition) is 1. The molecule has 1 N–H and O–H groups in total. The fourth-order valence-electron chi connectivity index (χ4n) is 4.08. The number of sulfonamides is 1. The first-order valence-electron chi connectivity index (χ1n) is 10.9. The number of para-hydroxylation sites is 1. The SMILES string of the molecule is CN(C)c1ccc(C(CNS(=O)(=O)c2ccc(Cl)s2)N2CCN(c3ccccc3)CC2)cc1. The van der Waals surface area contributed by atoms with Gasteiger partial charge >= 0.3 is 0 Å². The number of nitrogens with zero attached hydrogens (tertiary/aromatic N) is 3. The quantitative estimate of drug-likeness (QED) is 0.495. The molecule has 33 heavy (non-hydrogen) atoms. The molecule has 2 heterocycles. The van der Waals surface area contributed by atoms with Crippen LogP contribution in [0.2, 0.25) is 4.34 Å². The average Bonchev–Trinajstić information content (AvgIpc) is 3.28. The molecule has 176 valence electrons. The number of thiophene rings is 1. The van der Waals surface area contributed by atoms with Crippen molar-refractivity contribution < 1.29 is 8.42 Å². The normalized spacial score (nSPS) is 16.0. The molecule has 1 unspecified atom stereocenters. The lowest BCUT2D eigenvalue weighted by molar-refractivity contribution is 0.187. The first-order chi connectivity index (χ1) is 15.8. The van der Waals surface area contributed by atoms with Crippen LogP contribution in [0.4, 0.5) is 11.4 Å². The van der Waals surface area contributed by atoms with Gasteiger partial charge in [0.15, 0.2) is 0 Å². The molecule has 1 aromatic heterocycles. The predicted octanol–water partition coefficient (Wildman–Crippen LogP) is 4.31. The molecule has 0 radical (unpaired) electrons. The number of nitrogens with one attached hydrogen (secondary N) is 1. The second kappa shape index (κ2) is 10.4. The highest BCUT2D eigenvalue weighted by atomic mass is 35.5. The van der Waals surface area contributed by atoms with Crippen molar-refractivity contribution in [2.75, 3.05) is 56.6 Å². The van der Waals surface area contributed by atoms with Gasteiger partial charge in [-0.25, -0.2) is 13.1 Å². The molecule has 0 spiro atoms. The van der Waals surface area contributed by atoms with Gasteiger partial charge in [0, 0.05) is 64.2 Å². The Hall–Kier alpha value is -2.10. The Morgan fingerprint density at radius 1 is 0.970 bits per heavy atom. The molecule has 2 aromatic carbocycles. The van der Waals surface area contributed by atoms with Gasteiger partial charge in [-0.2, -0.15) is 0 Å². The van der Waals surface area contributed by atoms with E-state index in [9.17, 15) is 8.42 Å². The first-order valence-corrected chi connectivity index (χ1v) is 13.6. The Balaban J connectivity index is 1.51. The largest absolute Gasteiger partial charge is 0.378 e. The van der Waals surface area contributed by atoms with Crippen molar-refractivity contribution in [1.29, 1.82) is 0 Å². The van der Waals surface area contributed by atoms with Crippen LogP contribution in [-0.4, -0.2) is 60.1 Å². The molecule has 1 aliphatic heterocycles. The summed E-state index contributed by atoms with van der Waals surface area (Å²) in [5.74, 6) is 0. The Morgan fingerprint density at radius 3 is 2.21 bits per heavy atom. The van der Waals surface area contributed by atoms with Crippen LogP contribution in [0, 0.1) is 0 Å². The zero-order valence-electron chi connectivity index (χ0n) is 18.8. The highest BCUT2D eigenvalue weighted by molar-refractivity contribution is 7.91. The summed E-state index contributed by atoms with van der Waals surface area (Å²) in [7, 11) is 0.401. The zero-order chi connectivity index (χ0) is 23.4. The summed E-state index contributed by atoms with van der Waals surface area (Å²) in [6, 6.07) is 21.9. The van der Waals surface area contributed by atoms with E-state index < -0.39 is 10.0 Å². The molecule has 3 aromatic rings. The van der Waals surface area contributed by atoms with Gasteiger partial charge < -0.3 is 9.80 Å². The van der Waals surface area contributed by atoms with Gasteiger partial charge in [-0.3, -0.25) is 4.90 Å². The van der Waals surface area contributed by atoms with Crippen molar-refractivity contribution in [2.24, 2.45) is 0 Å². The van der Waals surface area contributed by atoms with Gasteiger partial charge in [0.25, 0.3) is 0 Å². The fraction of sp³-hybridized carbons (Fsp3) is 0.333. The van der Waals surface area contributed by atoms with Crippen LogP contribution < -0.4 is 14.5 Å². The highest BCUT2D eigenvalue weighted by Gasteiger charge is 2.27. The number of piperazine rings is 1. The summed E-state index contributed by atoms with van der Waals surface area (Å²) >= 11 is 7.03. The third-order valence-electron chi connectivity index (χ3n) is 5.95. The number of halogens is 1. The highest BCUT2D eigenvalue weighted by Crippen LogP contribution is 2.28. The zero-order valence-corrected chi connectivity index (χ0v) is 21.2. The maximum absolute atomic E-state index is 12.9. The summed E-state index contributed by atoms with van der Waals surface area (Å²) in [4.78, 5) is 6.80. The third-order valence-corrected chi connectivity index (χ3v) is 9.10. The van der Waals surface area contributed by atoms with Crippen molar-refractivity contribution in [3.8, 4) is 0 Å². The fourth-order valence-corrected chi connectivity index (χ4v) is 6.65. The minimum Gasteiger partial charge on any atom is -0.378 e. The van der Waals surface area contributed by atoms with E-state index in [1.54, 1.807) is 12.1 Å². The van der Waals surface area contributed by atoms with Crippen LogP contribution in [0.15, 0.2) is 70.9 Å². The van der Waals surface area contributed by atoms with Crippen molar-refractivity contribution in [1.82, 2.24) is 9.62 Å². The predicted molar refractivity (Wildman–Crippen MR) is 138 cm³/mol. The summed E-state index contributed by atoms with van der Waals surface area (Å²) in [5.41, 5.74) is 3.43. The number of anilines is 2. The molecule has 4 rings (SSSR count). The number of hydrogen-bond acceptors (Lipinski definition) is 6. The van der Waals surface area contributed by atoms with Crippen LogP contribution in [0.5, 0.6) is 0 Å². The summed E-state index contributed by atoms with van der Waals surface area (Å²) in [6.45, 7) is 3.78. The molecule has 1 saturated heterocycles. The Kier molecular flexibility index (Phi) is 7.61. The molecule has 9 heteroatoms. The minimum atomic E-state index is -3.62. The van der Waals surface area contributed by atoms with E-state index >= 15 is 0 Å². The van der Waals surface area contributed by atoms with E-state index in [1.807, 2.05) is 20.2 Å². The van der Waals surface area contributed by atoms with Crippen molar-refractivity contribution in [2.45, 2.75) is 10.3 Å². The third kappa shape index (κ3) is 5.88. The van der Waals surface area contributed by atoms with E-state index in [2.05, 4.69) is 68.0 Å². The monoisotopic (exact) mass is 504 g/mol. The molecular formula is C24H29ClN4O2S2. The van der Waals surface area contributed by atoms with Crippen molar-refractivity contribution in [3.05, 3.63) is 76.6 Å². The van der Waals surface area contributed by atoms with Gasteiger partial charge in [-0.15, -0.1) is 11.3 Å². The van der Waals surface area contributed by atoms with Crippen LogP contribution >= 0.6 is 22.9 Å². The molecule has 0 aliphatic carbocycles. The van der Waals surface area contributed by atoms with Gasteiger partial charge in [-0.1, -0.05) is 41.9 Å². The minimum absolute atomic E-state index is 0.0654. The average molecular weight is 505 g/mol. The maximum atomic E-state index is 12.9. The van der Waals surface area contributed by atoms with Gasteiger partial charge in [0.2, 0.25) is 10.0 Å². The summed E-state index contributed by atoms with van der Waals surface area (Å²) < 4.78 is 29.2. The van der Waals surface area contributed by atoms with Crippen molar-refractivity contribution in [3.63, 3.8) is 0 Å². The Morgan fingerprint density at radius 2 is 1.64 bits per heavy atom. The molecule has 0 amide bonds. The lowest BCUT2D eigenvalue weighted by atomic mass is 10.0. The molecule has 1 atom stereocenters. The van der Waals surface area contributed by atoms with Gasteiger partial charge in [0.1, 0.15) is 4.21 Å². The lowest BCUT2D eigenvalue weighted by Crippen LogP contribution is -2.49. The van der Waals surface area contributed by atoms with Gasteiger partial charge in [0.05, 0.1) is 4.34 Å². The maximum Gasteiger partial charge on any atom is 0.250 e. The van der Waals surface area contributed by atoms with E-state index in [0.29, 0.717) is 10.9 Å². The second-order valence-electron chi connectivity index (χ2n) is 8.27. The first kappa shape index (κ1) is 24.0. The van der Waals surface area contributed by atoms with Crippen LogP contribution in [-0.2, 0) is 10.0 Å². The Labute approximate surface area is 205 Å². The van der Waals surface area contributed by atoms with Crippen LogP contribution in [0.25, 0.3) is 0 Å². The molecule has 1 aliphatic rings. The van der Waals surface area contributed by atoms with Crippen LogP contribution in [0.3, 0.4) is 0 Å². The number of rotatable bonds is 8. The number of benzene rings is 2. The molecule has 6 nitrogen and oxygen atoms in total. The smallest absolute Gasteiger partial charge is 0.250 e. The topological polar surface area (TPSA) is 55.9 Å². The molecular weight excluding hydrogens is 476 g/mol. The van der Waals surface area contributed by atoms with E-state index in [1.165, 1.54) is 5.69 Å². The van der Waals surface area contributed by atoms with Crippen LogP contribution in [0.1, 0.15) is 11.6 Å². The Bertz CT molecular complexity index is 1140. The second-order valence-corrected chi connectivity index (χ2v) is 12.0. The summed E-state index contributed by atoms with van der Waals surface area (Å²) in [5, 5.41) is 0. The van der Waals surface area contributed by atoms with Crippen molar-refractivity contribution >= 4 is 44.3 Å². The lowest BCUT2D eigenvalue weighted by Gasteiger charge is -2.40. The molecule has 0 bridgehead atoms.